The van der Waals surface area contributed by atoms with E-state index in [9.17, 15) is 13.2 Å². The zero-order chi connectivity index (χ0) is 21.8. The van der Waals surface area contributed by atoms with Crippen LogP contribution in [0.4, 0.5) is 0 Å². The number of hydrogen-bond acceptors (Lipinski definition) is 7. The van der Waals surface area contributed by atoms with Gasteiger partial charge in [0.05, 0.1) is 24.0 Å². The number of morpholine rings is 1. The van der Waals surface area contributed by atoms with E-state index >= 15 is 0 Å². The summed E-state index contributed by atoms with van der Waals surface area (Å²) < 4.78 is 37.4. The first-order valence-corrected chi connectivity index (χ1v) is 12.1. The molecule has 0 aliphatic carbocycles. The molecule has 0 N–H and O–H groups in total. The molecule has 0 spiro atoms. The first kappa shape index (κ1) is 21.9. The van der Waals surface area contributed by atoms with Crippen molar-refractivity contribution in [2.45, 2.75) is 43.4 Å². The highest BCUT2D eigenvalue weighted by atomic mass is 32.2. The van der Waals surface area contributed by atoms with E-state index in [4.69, 9.17) is 9.26 Å². The molecule has 2 aromatic rings. The fourth-order valence-corrected chi connectivity index (χ4v) is 5.47. The van der Waals surface area contributed by atoms with Crippen molar-refractivity contribution in [1.82, 2.24) is 19.3 Å². The molecule has 168 valence electrons. The van der Waals surface area contributed by atoms with Gasteiger partial charge in [-0.25, -0.2) is 8.42 Å². The number of sulfonamides is 1. The number of carbonyl (C=O) groups excluding carboxylic acids is 1. The Labute approximate surface area is 182 Å². The first-order valence-electron chi connectivity index (χ1n) is 10.7. The van der Waals surface area contributed by atoms with Gasteiger partial charge >= 0.3 is 0 Å². The average Bonchev–Trinajstić information content (AvgIpc) is 3.25. The number of piperidine rings is 1. The molecule has 3 heterocycles. The zero-order valence-electron chi connectivity index (χ0n) is 17.7. The van der Waals surface area contributed by atoms with Crippen molar-refractivity contribution >= 4 is 15.9 Å². The number of hydrogen-bond donors (Lipinski definition) is 0. The molecule has 4 rings (SSSR count). The highest BCUT2D eigenvalue weighted by Crippen LogP contribution is 2.26. The van der Waals surface area contributed by atoms with Crippen molar-refractivity contribution in [2.75, 3.05) is 39.4 Å². The van der Waals surface area contributed by atoms with Gasteiger partial charge < -0.3 is 14.2 Å². The molecule has 2 aliphatic heterocycles. The van der Waals surface area contributed by atoms with Gasteiger partial charge in [-0.15, -0.1) is 0 Å². The van der Waals surface area contributed by atoms with Crippen LogP contribution in [0.2, 0.25) is 0 Å². The number of aryl methyl sites for hydroxylation is 2. The molecule has 1 atom stereocenters. The minimum absolute atomic E-state index is 0.0866. The van der Waals surface area contributed by atoms with E-state index in [2.05, 4.69) is 10.1 Å². The summed E-state index contributed by atoms with van der Waals surface area (Å²) in [6, 6.07) is 6.83. The summed E-state index contributed by atoms with van der Waals surface area (Å²) in [6.07, 6.45) is 2.79. The quantitative estimate of drug-likeness (QED) is 0.663. The maximum Gasteiger partial charge on any atom is 0.243 e. The second-order valence-electron chi connectivity index (χ2n) is 8.02. The maximum absolute atomic E-state index is 12.7. The molecular formula is C21H28N4O5S. The number of likely N-dealkylation sites (tertiary alicyclic amines) is 1. The Morgan fingerprint density at radius 2 is 1.90 bits per heavy atom. The Balaban J connectivity index is 1.32. The summed E-state index contributed by atoms with van der Waals surface area (Å²) in [4.78, 5) is 19.2. The standard InChI is InChI=1S/C21H28N4O5S/c1-16-22-21(30-23-16)18-3-2-10-24(15-18)20(26)9-6-17-4-7-19(8-5-17)31(27,28)25-11-13-29-14-12-25/h4-5,7-8,18H,2-3,6,9-15H2,1H3. The number of ether oxygens (including phenoxy) is 1. The van der Waals surface area contributed by atoms with Gasteiger partial charge in [0.1, 0.15) is 0 Å². The summed E-state index contributed by atoms with van der Waals surface area (Å²) in [5, 5.41) is 3.85. The minimum Gasteiger partial charge on any atom is -0.379 e. The zero-order valence-corrected chi connectivity index (χ0v) is 18.5. The smallest absolute Gasteiger partial charge is 0.243 e. The molecule has 2 aliphatic rings. The molecule has 1 amide bonds. The van der Waals surface area contributed by atoms with Gasteiger partial charge in [-0.05, 0) is 43.9 Å². The van der Waals surface area contributed by atoms with Gasteiger partial charge in [-0.2, -0.15) is 9.29 Å². The van der Waals surface area contributed by atoms with Crippen LogP contribution in [0.15, 0.2) is 33.7 Å². The number of nitrogens with zero attached hydrogens (tertiary/aromatic N) is 4. The fourth-order valence-electron chi connectivity index (χ4n) is 4.06. The molecule has 31 heavy (non-hydrogen) atoms. The molecule has 10 heteroatoms. The fraction of sp³-hybridized carbons (Fsp3) is 0.571. The van der Waals surface area contributed by atoms with Gasteiger partial charge in [0.15, 0.2) is 5.82 Å². The van der Waals surface area contributed by atoms with Crippen LogP contribution < -0.4 is 0 Å². The summed E-state index contributed by atoms with van der Waals surface area (Å²) in [6.45, 7) is 4.70. The van der Waals surface area contributed by atoms with E-state index in [1.807, 2.05) is 4.90 Å². The normalized spacial score (nSPS) is 20.7. The first-order chi connectivity index (χ1) is 14.9. The second kappa shape index (κ2) is 9.46. The monoisotopic (exact) mass is 448 g/mol. The molecule has 0 bridgehead atoms. The minimum atomic E-state index is -3.50. The average molecular weight is 449 g/mol. The van der Waals surface area contributed by atoms with Crippen LogP contribution in [0.5, 0.6) is 0 Å². The highest BCUT2D eigenvalue weighted by Gasteiger charge is 2.28. The number of carbonyl (C=O) groups is 1. The largest absolute Gasteiger partial charge is 0.379 e. The second-order valence-corrected chi connectivity index (χ2v) is 9.96. The highest BCUT2D eigenvalue weighted by molar-refractivity contribution is 7.89. The molecule has 2 saturated heterocycles. The molecular weight excluding hydrogens is 420 g/mol. The number of benzene rings is 1. The maximum atomic E-state index is 12.7. The summed E-state index contributed by atoms with van der Waals surface area (Å²) in [5.74, 6) is 1.39. The lowest BCUT2D eigenvalue weighted by atomic mass is 9.97. The third-order valence-electron chi connectivity index (χ3n) is 5.83. The van der Waals surface area contributed by atoms with Crippen LogP contribution in [-0.4, -0.2) is 73.1 Å². The van der Waals surface area contributed by atoms with E-state index in [0.717, 1.165) is 24.9 Å². The predicted octanol–water partition coefficient (Wildman–Crippen LogP) is 1.74. The van der Waals surface area contributed by atoms with Crippen LogP contribution in [0, 0.1) is 6.92 Å². The van der Waals surface area contributed by atoms with Gasteiger partial charge in [0.25, 0.3) is 0 Å². The Kier molecular flexibility index (Phi) is 6.68. The lowest BCUT2D eigenvalue weighted by Crippen LogP contribution is -2.40. The van der Waals surface area contributed by atoms with E-state index in [-0.39, 0.29) is 16.7 Å². The Morgan fingerprint density at radius 3 is 2.58 bits per heavy atom. The van der Waals surface area contributed by atoms with E-state index < -0.39 is 10.0 Å². The molecule has 1 aromatic carbocycles. The number of rotatable bonds is 6. The Morgan fingerprint density at radius 1 is 1.16 bits per heavy atom. The van der Waals surface area contributed by atoms with Crippen molar-refractivity contribution < 1.29 is 22.5 Å². The third-order valence-corrected chi connectivity index (χ3v) is 7.74. The Bertz CT molecular complexity index is 999. The Hall–Kier alpha value is -2.30. The van der Waals surface area contributed by atoms with Crippen LogP contribution in [0.25, 0.3) is 0 Å². The molecule has 2 fully saturated rings. The third kappa shape index (κ3) is 5.13. The van der Waals surface area contributed by atoms with Crippen molar-refractivity contribution in [2.24, 2.45) is 0 Å². The van der Waals surface area contributed by atoms with Crippen molar-refractivity contribution in [3.63, 3.8) is 0 Å². The summed E-state index contributed by atoms with van der Waals surface area (Å²) >= 11 is 0. The van der Waals surface area contributed by atoms with Crippen molar-refractivity contribution in [1.29, 1.82) is 0 Å². The lowest BCUT2D eigenvalue weighted by Gasteiger charge is -2.31. The number of amides is 1. The summed E-state index contributed by atoms with van der Waals surface area (Å²) in [5.41, 5.74) is 0.940. The van der Waals surface area contributed by atoms with Gasteiger partial charge in [-0.1, -0.05) is 17.3 Å². The van der Waals surface area contributed by atoms with Crippen molar-refractivity contribution in [3.8, 4) is 0 Å². The molecule has 9 nitrogen and oxygen atoms in total. The van der Waals surface area contributed by atoms with E-state index in [1.165, 1.54) is 4.31 Å². The van der Waals surface area contributed by atoms with Crippen LogP contribution >= 0.6 is 0 Å². The predicted molar refractivity (Wildman–Crippen MR) is 112 cm³/mol. The van der Waals surface area contributed by atoms with E-state index in [1.54, 1.807) is 31.2 Å². The molecule has 0 radical (unpaired) electrons. The van der Waals surface area contributed by atoms with Gasteiger partial charge in [0, 0.05) is 32.6 Å². The SMILES string of the molecule is Cc1noc(C2CCCN(C(=O)CCc3ccc(S(=O)(=O)N4CCOCC4)cc3)C2)n1. The summed E-state index contributed by atoms with van der Waals surface area (Å²) in [7, 11) is -3.50. The molecule has 1 unspecified atom stereocenters. The number of aromatic nitrogens is 2. The van der Waals surface area contributed by atoms with Gasteiger partial charge in [-0.3, -0.25) is 4.79 Å². The van der Waals surface area contributed by atoms with Crippen LogP contribution in [-0.2, 0) is 26.0 Å². The van der Waals surface area contributed by atoms with E-state index in [0.29, 0.717) is 57.4 Å². The van der Waals surface area contributed by atoms with Gasteiger partial charge in [0.2, 0.25) is 21.8 Å². The topological polar surface area (TPSA) is 106 Å². The lowest BCUT2D eigenvalue weighted by molar-refractivity contribution is -0.132. The molecule has 1 aromatic heterocycles. The van der Waals surface area contributed by atoms with Crippen LogP contribution in [0.3, 0.4) is 0 Å². The van der Waals surface area contributed by atoms with Crippen LogP contribution in [0.1, 0.15) is 42.5 Å². The van der Waals surface area contributed by atoms with Crippen molar-refractivity contribution in [3.05, 3.63) is 41.5 Å². The molecule has 0 saturated carbocycles.